The van der Waals surface area contributed by atoms with Gasteiger partial charge in [0.05, 0.1) is 12.2 Å². The van der Waals surface area contributed by atoms with E-state index in [-0.39, 0.29) is 18.0 Å². The van der Waals surface area contributed by atoms with Crippen LogP contribution in [0.1, 0.15) is 35.1 Å². The van der Waals surface area contributed by atoms with E-state index in [1.165, 1.54) is 0 Å². The third kappa shape index (κ3) is 4.32. The summed E-state index contributed by atoms with van der Waals surface area (Å²) in [5.41, 5.74) is 1.76. The molecular formula is C19H21N7O2. The first kappa shape index (κ1) is 18.1. The smallest absolute Gasteiger partial charge is 0.322 e. The van der Waals surface area contributed by atoms with Gasteiger partial charge in [0.25, 0.3) is 5.91 Å². The fourth-order valence-corrected chi connectivity index (χ4v) is 3.01. The van der Waals surface area contributed by atoms with E-state index in [1.807, 2.05) is 6.92 Å². The number of carbonyl (C=O) groups excluding carboxylic acids is 1. The molecule has 1 aliphatic heterocycles. The van der Waals surface area contributed by atoms with Crippen molar-refractivity contribution in [3.05, 3.63) is 54.1 Å². The molecule has 0 bridgehead atoms. The lowest BCUT2D eigenvalue weighted by Crippen LogP contribution is -2.29. The average Bonchev–Trinajstić information content (AvgIpc) is 3.21. The normalized spacial score (nSPS) is 14.6. The monoisotopic (exact) mass is 379 g/mol. The second kappa shape index (κ2) is 8.13. The number of piperidine rings is 1. The van der Waals surface area contributed by atoms with Crippen molar-refractivity contribution < 1.29 is 9.53 Å². The number of aromatic nitrogens is 5. The maximum absolute atomic E-state index is 12.4. The van der Waals surface area contributed by atoms with Crippen molar-refractivity contribution in [2.75, 3.05) is 18.4 Å². The third-order valence-electron chi connectivity index (χ3n) is 4.52. The molecule has 0 spiro atoms. The van der Waals surface area contributed by atoms with Crippen molar-refractivity contribution in [2.24, 2.45) is 0 Å². The summed E-state index contributed by atoms with van der Waals surface area (Å²) in [6.45, 7) is 3.77. The van der Waals surface area contributed by atoms with Gasteiger partial charge in [-0.1, -0.05) is 5.21 Å². The number of carbonyl (C=O) groups is 1. The van der Waals surface area contributed by atoms with Gasteiger partial charge in [0.15, 0.2) is 5.69 Å². The van der Waals surface area contributed by atoms with Gasteiger partial charge in [-0.25, -0.2) is 14.6 Å². The third-order valence-corrected chi connectivity index (χ3v) is 4.52. The molecule has 9 nitrogen and oxygen atoms in total. The highest BCUT2D eigenvalue weighted by atomic mass is 16.5. The number of anilines is 1. The van der Waals surface area contributed by atoms with Crippen LogP contribution in [0.5, 0.6) is 11.8 Å². The molecule has 0 atom stereocenters. The predicted octanol–water partition coefficient (Wildman–Crippen LogP) is 2.35. The van der Waals surface area contributed by atoms with Gasteiger partial charge in [-0.3, -0.25) is 4.79 Å². The minimum absolute atomic E-state index is 0.284. The summed E-state index contributed by atoms with van der Waals surface area (Å²) in [5.74, 6) is 0.288. The summed E-state index contributed by atoms with van der Waals surface area (Å²) in [4.78, 5) is 20.7. The maximum Gasteiger partial charge on any atom is 0.322 e. The molecule has 144 valence electrons. The molecular weight excluding hydrogens is 358 g/mol. The SMILES string of the molecule is Cc1ccnc(Oc2ccc(NC(=O)c3cn(C4CCNCC4)nn3)cc2)n1. The summed E-state index contributed by atoms with van der Waals surface area (Å²) in [6, 6.07) is 9.36. The largest absolute Gasteiger partial charge is 0.424 e. The highest BCUT2D eigenvalue weighted by Crippen LogP contribution is 2.21. The summed E-state index contributed by atoms with van der Waals surface area (Å²) >= 11 is 0. The average molecular weight is 379 g/mol. The van der Waals surface area contributed by atoms with Crippen molar-refractivity contribution in [1.29, 1.82) is 0 Å². The first-order valence-electron chi connectivity index (χ1n) is 9.19. The molecule has 0 aliphatic carbocycles. The van der Waals surface area contributed by atoms with Gasteiger partial charge in [0, 0.05) is 17.6 Å². The lowest BCUT2D eigenvalue weighted by atomic mass is 10.1. The number of hydrogen-bond donors (Lipinski definition) is 2. The standard InChI is InChI=1S/C19H21N7O2/c1-13-6-11-21-19(22-13)28-16-4-2-14(3-5-16)23-18(27)17-12-26(25-24-17)15-7-9-20-10-8-15/h2-6,11-12,15,20H,7-10H2,1H3,(H,23,27). The molecule has 1 fully saturated rings. The molecule has 1 amide bonds. The molecule has 1 aliphatic rings. The molecule has 4 rings (SSSR count). The van der Waals surface area contributed by atoms with Gasteiger partial charge in [-0.05, 0) is 63.2 Å². The molecule has 1 aromatic carbocycles. The van der Waals surface area contributed by atoms with Crippen LogP contribution in [0.15, 0.2) is 42.7 Å². The van der Waals surface area contributed by atoms with Crippen LogP contribution in [0, 0.1) is 6.92 Å². The maximum atomic E-state index is 12.4. The van der Waals surface area contributed by atoms with E-state index in [4.69, 9.17) is 4.74 Å². The van der Waals surface area contributed by atoms with Crippen molar-refractivity contribution in [3.63, 3.8) is 0 Å². The Morgan fingerprint density at radius 1 is 1.21 bits per heavy atom. The predicted molar refractivity (Wildman–Crippen MR) is 102 cm³/mol. The quantitative estimate of drug-likeness (QED) is 0.701. The van der Waals surface area contributed by atoms with Crippen LogP contribution < -0.4 is 15.4 Å². The number of nitrogens with zero attached hydrogens (tertiary/aromatic N) is 5. The minimum atomic E-state index is -0.295. The van der Waals surface area contributed by atoms with Crippen molar-refractivity contribution in [1.82, 2.24) is 30.3 Å². The van der Waals surface area contributed by atoms with Gasteiger partial charge in [-0.2, -0.15) is 0 Å². The Hall–Kier alpha value is -3.33. The summed E-state index contributed by atoms with van der Waals surface area (Å²) in [7, 11) is 0. The number of amides is 1. The topological polar surface area (TPSA) is 107 Å². The molecule has 2 aromatic heterocycles. The molecule has 9 heteroatoms. The zero-order valence-electron chi connectivity index (χ0n) is 15.5. The Balaban J connectivity index is 1.37. The number of hydrogen-bond acceptors (Lipinski definition) is 7. The van der Waals surface area contributed by atoms with E-state index in [0.29, 0.717) is 17.1 Å². The number of nitrogens with one attached hydrogen (secondary N) is 2. The lowest BCUT2D eigenvalue weighted by molar-refractivity contribution is 0.102. The van der Waals surface area contributed by atoms with E-state index in [1.54, 1.807) is 47.4 Å². The highest BCUT2D eigenvalue weighted by molar-refractivity contribution is 6.02. The molecule has 3 heterocycles. The second-order valence-electron chi connectivity index (χ2n) is 6.63. The fourth-order valence-electron chi connectivity index (χ4n) is 3.01. The van der Waals surface area contributed by atoms with Crippen molar-refractivity contribution in [3.8, 4) is 11.8 Å². The van der Waals surface area contributed by atoms with Crippen LogP contribution in [0.25, 0.3) is 0 Å². The summed E-state index contributed by atoms with van der Waals surface area (Å²) in [6.07, 6.45) is 5.31. The number of benzene rings is 1. The first-order chi connectivity index (χ1) is 13.7. The van der Waals surface area contributed by atoms with Crippen LogP contribution in [0.4, 0.5) is 5.69 Å². The summed E-state index contributed by atoms with van der Waals surface area (Å²) < 4.78 is 7.39. The number of rotatable bonds is 5. The Morgan fingerprint density at radius 3 is 2.75 bits per heavy atom. The van der Waals surface area contributed by atoms with Gasteiger partial charge >= 0.3 is 6.01 Å². The highest BCUT2D eigenvalue weighted by Gasteiger charge is 2.18. The molecule has 3 aromatic rings. The molecule has 0 saturated carbocycles. The molecule has 1 saturated heterocycles. The van der Waals surface area contributed by atoms with E-state index >= 15 is 0 Å². The minimum Gasteiger partial charge on any atom is -0.424 e. The number of aryl methyl sites for hydroxylation is 1. The van der Waals surface area contributed by atoms with Crippen molar-refractivity contribution in [2.45, 2.75) is 25.8 Å². The van der Waals surface area contributed by atoms with Gasteiger partial charge in [0.1, 0.15) is 5.75 Å². The zero-order valence-corrected chi connectivity index (χ0v) is 15.5. The zero-order chi connectivity index (χ0) is 19.3. The molecule has 0 unspecified atom stereocenters. The Kier molecular flexibility index (Phi) is 5.24. The molecule has 0 radical (unpaired) electrons. The van der Waals surface area contributed by atoms with Gasteiger partial charge in [0.2, 0.25) is 0 Å². The lowest BCUT2D eigenvalue weighted by Gasteiger charge is -2.22. The van der Waals surface area contributed by atoms with Crippen LogP contribution in [-0.2, 0) is 0 Å². The van der Waals surface area contributed by atoms with Crippen molar-refractivity contribution >= 4 is 11.6 Å². The fraction of sp³-hybridized carbons (Fsp3) is 0.316. The Bertz CT molecular complexity index is 949. The van der Waals surface area contributed by atoms with Crippen LogP contribution in [0.2, 0.25) is 0 Å². The van der Waals surface area contributed by atoms with Crippen LogP contribution in [-0.4, -0.2) is 44.0 Å². The van der Waals surface area contributed by atoms with Gasteiger partial charge in [-0.15, -0.1) is 5.10 Å². The molecule has 2 N–H and O–H groups in total. The first-order valence-corrected chi connectivity index (χ1v) is 9.19. The van der Waals surface area contributed by atoms with E-state index in [0.717, 1.165) is 31.6 Å². The van der Waals surface area contributed by atoms with E-state index in [9.17, 15) is 4.79 Å². The second-order valence-corrected chi connectivity index (χ2v) is 6.63. The van der Waals surface area contributed by atoms with Crippen LogP contribution in [0.3, 0.4) is 0 Å². The van der Waals surface area contributed by atoms with Gasteiger partial charge < -0.3 is 15.4 Å². The Labute approximate surface area is 162 Å². The van der Waals surface area contributed by atoms with E-state index < -0.39 is 0 Å². The van der Waals surface area contributed by atoms with Crippen LogP contribution >= 0.6 is 0 Å². The molecule has 28 heavy (non-hydrogen) atoms. The summed E-state index contributed by atoms with van der Waals surface area (Å²) in [5, 5.41) is 14.3. The van der Waals surface area contributed by atoms with E-state index in [2.05, 4.69) is 30.9 Å². The Morgan fingerprint density at radius 2 is 2.00 bits per heavy atom. The number of ether oxygens (including phenoxy) is 1.